The lowest BCUT2D eigenvalue weighted by Crippen LogP contribution is -2.48. The Morgan fingerprint density at radius 1 is 1.08 bits per heavy atom. The van der Waals surface area contributed by atoms with E-state index in [1.54, 1.807) is 6.07 Å². The fourth-order valence-corrected chi connectivity index (χ4v) is 7.49. The molecule has 6 heteroatoms. The molecule has 38 heavy (non-hydrogen) atoms. The number of pyridine rings is 2. The Bertz CT molecular complexity index is 1490. The summed E-state index contributed by atoms with van der Waals surface area (Å²) in [5.41, 5.74) is 5.65. The lowest BCUT2D eigenvalue weighted by atomic mass is 9.57. The third-order valence-electron chi connectivity index (χ3n) is 9.69. The zero-order chi connectivity index (χ0) is 25.9. The maximum atomic E-state index is 14.3. The van der Waals surface area contributed by atoms with Crippen molar-refractivity contribution in [3.63, 3.8) is 0 Å². The first-order chi connectivity index (χ1) is 18.4. The summed E-state index contributed by atoms with van der Waals surface area (Å²) >= 11 is 0. The molecule has 3 atom stereocenters. The van der Waals surface area contributed by atoms with Crippen LogP contribution in [0.25, 0.3) is 16.7 Å². The Morgan fingerprint density at radius 2 is 1.97 bits per heavy atom. The van der Waals surface area contributed by atoms with Crippen LogP contribution < -0.4 is 0 Å². The Kier molecular flexibility index (Phi) is 5.66. The van der Waals surface area contributed by atoms with Gasteiger partial charge in [0.25, 0.3) is 0 Å². The van der Waals surface area contributed by atoms with Crippen molar-refractivity contribution in [1.29, 1.82) is 0 Å². The number of nitrogens with zero attached hydrogens (tertiary/aromatic N) is 4. The second kappa shape index (κ2) is 8.98. The van der Waals surface area contributed by atoms with E-state index in [1.165, 1.54) is 18.1 Å². The molecule has 3 aliphatic rings. The van der Waals surface area contributed by atoms with Crippen molar-refractivity contribution >= 4 is 11.0 Å². The zero-order valence-electron chi connectivity index (χ0n) is 22.0. The number of fused-ring (bicyclic) bond motifs is 4. The van der Waals surface area contributed by atoms with Gasteiger partial charge in [0.1, 0.15) is 5.82 Å². The predicted molar refractivity (Wildman–Crippen MR) is 146 cm³/mol. The molecule has 3 aliphatic carbocycles. The lowest BCUT2D eigenvalue weighted by Gasteiger charge is -2.49. The molecule has 2 fully saturated rings. The van der Waals surface area contributed by atoms with Crippen molar-refractivity contribution in [2.75, 3.05) is 0 Å². The Balaban J connectivity index is 1.38. The van der Waals surface area contributed by atoms with Crippen LogP contribution in [0.3, 0.4) is 0 Å². The number of benzene rings is 1. The van der Waals surface area contributed by atoms with Crippen LogP contribution >= 0.6 is 0 Å². The van der Waals surface area contributed by atoms with Crippen LogP contribution in [-0.2, 0) is 18.3 Å². The standard InChI is InChI=1S/C32H35FN4O/c1-31(38)13-14-32(19-25-9-2-3-15-34-25)23(18-31)8-5-10-28-27(32)16-22-20-35-37(30(22)36-28)29-12-11-24(33)17-26(29)21-6-4-7-21/h2-3,9,11-12,15-17,20-21,23,38H,4-8,10,13-14,18-19H2,1H3. The molecular weight excluding hydrogens is 475 g/mol. The van der Waals surface area contributed by atoms with Gasteiger partial charge in [0.2, 0.25) is 0 Å². The van der Waals surface area contributed by atoms with Crippen LogP contribution in [0.1, 0.15) is 86.7 Å². The minimum absolute atomic E-state index is 0.112. The molecule has 196 valence electrons. The molecule has 0 spiro atoms. The summed E-state index contributed by atoms with van der Waals surface area (Å²) < 4.78 is 16.2. The highest BCUT2D eigenvalue weighted by Gasteiger charge is 2.50. The molecule has 4 aromatic rings. The number of aromatic nitrogens is 4. The van der Waals surface area contributed by atoms with Crippen LogP contribution in [0, 0.1) is 11.7 Å². The SMILES string of the molecule is CC1(O)CCC2(Cc3ccccn3)c3cc4cnn(-c5ccc(F)cc5C5CCC5)c4nc3CCCC2C1. The quantitative estimate of drug-likeness (QED) is 0.336. The summed E-state index contributed by atoms with van der Waals surface area (Å²) in [5.74, 6) is 0.564. The van der Waals surface area contributed by atoms with Crippen LogP contribution in [0.15, 0.2) is 54.9 Å². The second-order valence-corrected chi connectivity index (χ2v) is 12.2. The van der Waals surface area contributed by atoms with Gasteiger partial charge in [-0.25, -0.2) is 14.1 Å². The smallest absolute Gasteiger partial charge is 0.163 e. The highest BCUT2D eigenvalue weighted by atomic mass is 19.1. The molecule has 3 unspecified atom stereocenters. The number of hydrogen-bond donors (Lipinski definition) is 1. The molecule has 3 aromatic heterocycles. The molecule has 3 heterocycles. The highest BCUT2D eigenvalue weighted by Crippen LogP contribution is 2.53. The third kappa shape index (κ3) is 3.96. The summed E-state index contributed by atoms with van der Waals surface area (Å²) in [6.45, 7) is 2.00. The van der Waals surface area contributed by atoms with Gasteiger partial charge in [-0.15, -0.1) is 0 Å². The first-order valence-electron chi connectivity index (χ1n) is 14.2. The van der Waals surface area contributed by atoms with Gasteiger partial charge in [-0.2, -0.15) is 5.10 Å². The molecule has 0 bridgehead atoms. The van der Waals surface area contributed by atoms with E-state index < -0.39 is 5.60 Å². The molecule has 0 radical (unpaired) electrons. The number of hydrogen-bond acceptors (Lipinski definition) is 4. The third-order valence-corrected chi connectivity index (χ3v) is 9.69. The summed E-state index contributed by atoms with van der Waals surface area (Å²) in [7, 11) is 0. The minimum atomic E-state index is -0.633. The van der Waals surface area contributed by atoms with E-state index in [9.17, 15) is 9.50 Å². The van der Waals surface area contributed by atoms with Gasteiger partial charge in [0.15, 0.2) is 5.65 Å². The topological polar surface area (TPSA) is 63.8 Å². The predicted octanol–water partition coefficient (Wildman–Crippen LogP) is 6.59. The average molecular weight is 511 g/mol. The zero-order valence-corrected chi connectivity index (χ0v) is 22.0. The maximum absolute atomic E-state index is 14.3. The van der Waals surface area contributed by atoms with Crippen molar-refractivity contribution in [2.24, 2.45) is 5.92 Å². The van der Waals surface area contributed by atoms with Crippen molar-refractivity contribution < 1.29 is 9.50 Å². The van der Waals surface area contributed by atoms with Crippen LogP contribution in [0.4, 0.5) is 4.39 Å². The van der Waals surface area contributed by atoms with Gasteiger partial charge in [0, 0.05) is 28.4 Å². The minimum Gasteiger partial charge on any atom is -0.390 e. The van der Waals surface area contributed by atoms with Crippen LogP contribution in [0.2, 0.25) is 0 Å². The lowest BCUT2D eigenvalue weighted by molar-refractivity contribution is -0.0332. The van der Waals surface area contributed by atoms with Gasteiger partial charge < -0.3 is 5.11 Å². The average Bonchev–Trinajstić information content (AvgIpc) is 3.21. The van der Waals surface area contributed by atoms with Crippen LogP contribution in [-0.4, -0.2) is 30.5 Å². The summed E-state index contributed by atoms with van der Waals surface area (Å²) in [4.78, 5) is 10.0. The van der Waals surface area contributed by atoms with E-state index in [-0.39, 0.29) is 11.2 Å². The Labute approximate surface area is 223 Å². The molecule has 0 aliphatic heterocycles. The van der Waals surface area contributed by atoms with E-state index in [1.807, 2.05) is 36.1 Å². The summed E-state index contributed by atoms with van der Waals surface area (Å²) in [6.07, 6.45) is 13.6. The number of halogens is 1. The van der Waals surface area contributed by atoms with E-state index in [0.717, 1.165) is 91.5 Å². The summed E-state index contributed by atoms with van der Waals surface area (Å²) in [6, 6.07) is 13.6. The molecule has 1 aromatic carbocycles. The van der Waals surface area contributed by atoms with Gasteiger partial charge in [-0.05, 0) is 124 Å². The maximum Gasteiger partial charge on any atom is 0.163 e. The van der Waals surface area contributed by atoms with E-state index in [2.05, 4.69) is 18.2 Å². The molecule has 1 N–H and O–H groups in total. The molecule has 0 amide bonds. The summed E-state index contributed by atoms with van der Waals surface area (Å²) in [5, 5.41) is 16.9. The van der Waals surface area contributed by atoms with Gasteiger partial charge in [0.05, 0.1) is 17.5 Å². The van der Waals surface area contributed by atoms with Gasteiger partial charge in [-0.3, -0.25) is 4.98 Å². The normalized spacial score (nSPS) is 27.4. The second-order valence-electron chi connectivity index (χ2n) is 12.2. The molecular formula is C32H35FN4O. The number of aryl methyl sites for hydroxylation is 1. The number of aliphatic hydroxyl groups is 1. The first-order valence-corrected chi connectivity index (χ1v) is 14.2. The largest absolute Gasteiger partial charge is 0.390 e. The highest BCUT2D eigenvalue weighted by molar-refractivity contribution is 5.78. The van der Waals surface area contributed by atoms with Crippen molar-refractivity contribution in [1.82, 2.24) is 19.7 Å². The molecule has 5 nitrogen and oxygen atoms in total. The van der Waals surface area contributed by atoms with E-state index in [4.69, 9.17) is 15.1 Å². The fraction of sp³-hybridized carbons (Fsp3) is 0.469. The van der Waals surface area contributed by atoms with Crippen molar-refractivity contribution in [2.45, 2.75) is 88.1 Å². The van der Waals surface area contributed by atoms with Crippen LogP contribution in [0.5, 0.6) is 0 Å². The first kappa shape index (κ1) is 24.0. The monoisotopic (exact) mass is 510 g/mol. The molecule has 7 rings (SSSR count). The van der Waals surface area contributed by atoms with Crippen molar-refractivity contribution in [3.05, 3.63) is 83.2 Å². The molecule has 0 saturated heterocycles. The van der Waals surface area contributed by atoms with Gasteiger partial charge >= 0.3 is 0 Å². The Morgan fingerprint density at radius 3 is 2.76 bits per heavy atom. The van der Waals surface area contributed by atoms with E-state index >= 15 is 0 Å². The Hall–Kier alpha value is -3.12. The number of rotatable bonds is 4. The van der Waals surface area contributed by atoms with Gasteiger partial charge in [-0.1, -0.05) is 12.5 Å². The van der Waals surface area contributed by atoms with E-state index in [0.29, 0.717) is 11.8 Å². The fourth-order valence-electron chi connectivity index (χ4n) is 7.49. The molecule has 2 saturated carbocycles. The van der Waals surface area contributed by atoms with Crippen molar-refractivity contribution in [3.8, 4) is 5.69 Å².